The standard InChI is InChI=1S/C13H21N3O3/c1-8(2)12-11(9(3)16-19-12)13(18)15-7-5-6-14-10(4)17/h8H,5-7H2,1-4H3,(H,14,17)(H,15,18). The SMILES string of the molecule is CC(=O)NCCCNC(=O)c1c(C)noc1C(C)C. The number of carbonyl (C=O) groups is 2. The molecule has 0 aliphatic rings. The van der Waals surface area contributed by atoms with Gasteiger partial charge in [-0.1, -0.05) is 19.0 Å². The van der Waals surface area contributed by atoms with E-state index in [0.717, 1.165) is 0 Å². The lowest BCUT2D eigenvalue weighted by molar-refractivity contribution is -0.118. The van der Waals surface area contributed by atoms with Crippen LogP contribution in [0.5, 0.6) is 0 Å². The largest absolute Gasteiger partial charge is 0.360 e. The maximum absolute atomic E-state index is 12.1. The summed E-state index contributed by atoms with van der Waals surface area (Å²) >= 11 is 0. The predicted molar refractivity (Wildman–Crippen MR) is 71.0 cm³/mol. The van der Waals surface area contributed by atoms with Crippen LogP contribution < -0.4 is 10.6 Å². The van der Waals surface area contributed by atoms with Crippen molar-refractivity contribution in [3.8, 4) is 0 Å². The Morgan fingerprint density at radius 1 is 1.26 bits per heavy atom. The molecule has 0 aromatic carbocycles. The topological polar surface area (TPSA) is 84.2 Å². The molecule has 0 aliphatic carbocycles. The van der Waals surface area contributed by atoms with Crippen molar-refractivity contribution in [2.24, 2.45) is 0 Å². The van der Waals surface area contributed by atoms with E-state index in [1.165, 1.54) is 6.92 Å². The van der Waals surface area contributed by atoms with Gasteiger partial charge in [-0.25, -0.2) is 0 Å². The van der Waals surface area contributed by atoms with Crippen LogP contribution in [0.4, 0.5) is 0 Å². The highest BCUT2D eigenvalue weighted by molar-refractivity contribution is 5.96. The quantitative estimate of drug-likeness (QED) is 0.762. The van der Waals surface area contributed by atoms with Crippen LogP contribution in [0, 0.1) is 6.92 Å². The second-order valence-electron chi connectivity index (χ2n) is 4.75. The zero-order chi connectivity index (χ0) is 14.4. The summed E-state index contributed by atoms with van der Waals surface area (Å²) < 4.78 is 5.17. The van der Waals surface area contributed by atoms with Crippen molar-refractivity contribution in [1.29, 1.82) is 0 Å². The summed E-state index contributed by atoms with van der Waals surface area (Å²) in [6.07, 6.45) is 0.687. The van der Waals surface area contributed by atoms with E-state index in [9.17, 15) is 9.59 Å². The molecule has 0 unspecified atom stereocenters. The van der Waals surface area contributed by atoms with E-state index < -0.39 is 0 Å². The smallest absolute Gasteiger partial charge is 0.256 e. The summed E-state index contributed by atoms with van der Waals surface area (Å²) in [7, 11) is 0. The van der Waals surface area contributed by atoms with Gasteiger partial charge in [0.15, 0.2) is 5.76 Å². The van der Waals surface area contributed by atoms with Gasteiger partial charge in [0, 0.05) is 25.9 Å². The molecule has 1 aromatic heterocycles. The number of hydrogen-bond donors (Lipinski definition) is 2. The van der Waals surface area contributed by atoms with Crippen molar-refractivity contribution in [1.82, 2.24) is 15.8 Å². The number of rotatable bonds is 6. The molecular formula is C13H21N3O3. The molecule has 0 atom stereocenters. The minimum absolute atomic E-state index is 0.0664. The second-order valence-corrected chi connectivity index (χ2v) is 4.75. The monoisotopic (exact) mass is 267 g/mol. The first-order valence-electron chi connectivity index (χ1n) is 6.42. The van der Waals surface area contributed by atoms with Gasteiger partial charge < -0.3 is 15.2 Å². The summed E-state index contributed by atoms with van der Waals surface area (Å²) in [5.41, 5.74) is 1.12. The molecule has 2 amide bonds. The van der Waals surface area contributed by atoms with E-state index in [-0.39, 0.29) is 17.7 Å². The highest BCUT2D eigenvalue weighted by Gasteiger charge is 2.21. The molecule has 0 aliphatic heterocycles. The molecule has 19 heavy (non-hydrogen) atoms. The molecule has 0 radical (unpaired) electrons. The maximum Gasteiger partial charge on any atom is 0.256 e. The molecule has 106 valence electrons. The second kappa shape index (κ2) is 6.92. The number of nitrogens with one attached hydrogen (secondary N) is 2. The fourth-order valence-corrected chi connectivity index (χ4v) is 1.70. The first-order chi connectivity index (χ1) is 8.93. The minimum Gasteiger partial charge on any atom is -0.360 e. The molecule has 1 rings (SSSR count). The Morgan fingerprint density at radius 2 is 1.89 bits per heavy atom. The number of nitrogens with zero attached hydrogens (tertiary/aromatic N) is 1. The van der Waals surface area contributed by atoms with Gasteiger partial charge in [0.25, 0.3) is 5.91 Å². The lowest BCUT2D eigenvalue weighted by atomic mass is 10.0. The van der Waals surface area contributed by atoms with Gasteiger partial charge in [-0.2, -0.15) is 0 Å². The number of amides is 2. The van der Waals surface area contributed by atoms with Gasteiger partial charge in [0.05, 0.1) is 5.69 Å². The van der Waals surface area contributed by atoms with E-state index in [1.54, 1.807) is 6.92 Å². The Labute approximate surface area is 112 Å². The van der Waals surface area contributed by atoms with Crippen LogP contribution in [-0.2, 0) is 4.79 Å². The normalized spacial score (nSPS) is 10.6. The van der Waals surface area contributed by atoms with Gasteiger partial charge in [0.1, 0.15) is 5.56 Å². The first-order valence-corrected chi connectivity index (χ1v) is 6.42. The maximum atomic E-state index is 12.1. The highest BCUT2D eigenvalue weighted by atomic mass is 16.5. The van der Waals surface area contributed by atoms with Crippen molar-refractivity contribution in [2.75, 3.05) is 13.1 Å². The molecule has 2 N–H and O–H groups in total. The number of carbonyl (C=O) groups excluding carboxylic acids is 2. The fourth-order valence-electron chi connectivity index (χ4n) is 1.70. The lowest BCUT2D eigenvalue weighted by Gasteiger charge is -2.07. The molecular weight excluding hydrogens is 246 g/mol. The summed E-state index contributed by atoms with van der Waals surface area (Å²) in [4.78, 5) is 22.7. The van der Waals surface area contributed by atoms with Crippen LogP contribution in [0.25, 0.3) is 0 Å². The molecule has 0 saturated carbocycles. The molecule has 1 heterocycles. The van der Waals surface area contributed by atoms with Crippen molar-refractivity contribution >= 4 is 11.8 Å². The molecule has 0 fully saturated rings. The van der Waals surface area contributed by atoms with Crippen LogP contribution in [0.2, 0.25) is 0 Å². The molecule has 0 bridgehead atoms. The summed E-state index contributed by atoms with van der Waals surface area (Å²) in [5.74, 6) is 0.478. The zero-order valence-electron chi connectivity index (χ0n) is 11.9. The first kappa shape index (κ1) is 15.2. The average Bonchev–Trinajstić information content (AvgIpc) is 2.70. The van der Waals surface area contributed by atoms with Gasteiger partial charge in [-0.15, -0.1) is 0 Å². The van der Waals surface area contributed by atoms with Crippen molar-refractivity contribution in [2.45, 2.75) is 40.0 Å². The van der Waals surface area contributed by atoms with Gasteiger partial charge in [-0.05, 0) is 13.3 Å². The van der Waals surface area contributed by atoms with Gasteiger partial charge in [-0.3, -0.25) is 9.59 Å². The van der Waals surface area contributed by atoms with Crippen molar-refractivity contribution in [3.05, 3.63) is 17.0 Å². The summed E-state index contributed by atoms with van der Waals surface area (Å²) in [5, 5.41) is 9.31. The minimum atomic E-state index is -0.176. The highest BCUT2D eigenvalue weighted by Crippen LogP contribution is 2.21. The van der Waals surface area contributed by atoms with Crippen LogP contribution in [0.1, 0.15) is 54.9 Å². The molecule has 6 nitrogen and oxygen atoms in total. The van der Waals surface area contributed by atoms with Gasteiger partial charge >= 0.3 is 0 Å². The molecule has 0 saturated heterocycles. The van der Waals surface area contributed by atoms with E-state index in [2.05, 4.69) is 15.8 Å². The third-order valence-corrected chi connectivity index (χ3v) is 2.65. The van der Waals surface area contributed by atoms with Crippen molar-refractivity contribution < 1.29 is 14.1 Å². The fraction of sp³-hybridized carbons (Fsp3) is 0.615. The lowest BCUT2D eigenvalue weighted by Crippen LogP contribution is -2.29. The van der Waals surface area contributed by atoms with E-state index >= 15 is 0 Å². The van der Waals surface area contributed by atoms with Gasteiger partial charge in [0.2, 0.25) is 5.91 Å². The molecule has 0 spiro atoms. The predicted octanol–water partition coefficient (Wildman–Crippen LogP) is 1.36. The Bertz CT molecular complexity index is 452. The number of hydrogen-bond acceptors (Lipinski definition) is 4. The zero-order valence-corrected chi connectivity index (χ0v) is 11.9. The Balaban J connectivity index is 2.50. The molecule has 6 heteroatoms. The average molecular weight is 267 g/mol. The Morgan fingerprint density at radius 3 is 2.47 bits per heavy atom. The third kappa shape index (κ3) is 4.39. The van der Waals surface area contributed by atoms with E-state index in [4.69, 9.17) is 4.52 Å². The third-order valence-electron chi connectivity index (χ3n) is 2.65. The number of aromatic nitrogens is 1. The van der Waals surface area contributed by atoms with Crippen LogP contribution in [0.3, 0.4) is 0 Å². The molecule has 1 aromatic rings. The Kier molecular flexibility index (Phi) is 5.54. The summed E-state index contributed by atoms with van der Waals surface area (Å²) in [6.45, 7) is 8.17. The summed E-state index contributed by atoms with van der Waals surface area (Å²) in [6, 6.07) is 0. The Hall–Kier alpha value is -1.85. The van der Waals surface area contributed by atoms with E-state index in [0.29, 0.717) is 36.5 Å². The van der Waals surface area contributed by atoms with Crippen LogP contribution >= 0.6 is 0 Å². The van der Waals surface area contributed by atoms with Crippen molar-refractivity contribution in [3.63, 3.8) is 0 Å². The van der Waals surface area contributed by atoms with E-state index in [1.807, 2.05) is 13.8 Å². The van der Waals surface area contributed by atoms with Crippen LogP contribution in [-0.4, -0.2) is 30.1 Å². The number of aryl methyl sites for hydroxylation is 1. The van der Waals surface area contributed by atoms with Crippen LogP contribution in [0.15, 0.2) is 4.52 Å².